The Balaban J connectivity index is 1.94. The maximum atomic E-state index is 12.2. The van der Waals surface area contributed by atoms with Gasteiger partial charge in [-0.3, -0.25) is 4.79 Å². The normalized spacial score (nSPS) is 11.9. The zero-order valence-corrected chi connectivity index (χ0v) is 13.6. The Morgan fingerprint density at radius 1 is 1.27 bits per heavy atom. The summed E-state index contributed by atoms with van der Waals surface area (Å²) in [4.78, 5) is 15.2. The van der Waals surface area contributed by atoms with Crippen LogP contribution in [-0.4, -0.2) is 30.2 Å². The van der Waals surface area contributed by atoms with Crippen molar-refractivity contribution in [3.63, 3.8) is 0 Å². The lowest BCUT2D eigenvalue weighted by Gasteiger charge is -2.26. The second kappa shape index (κ2) is 8.56. The lowest BCUT2D eigenvalue weighted by molar-refractivity contribution is -0.119. The van der Waals surface area contributed by atoms with Gasteiger partial charge in [-0.25, -0.2) is 0 Å². The number of thiophene rings is 1. The molecule has 1 atom stereocenters. The molecule has 0 fully saturated rings. The molecule has 2 N–H and O–H groups in total. The molecule has 0 saturated heterocycles. The van der Waals surface area contributed by atoms with Crippen molar-refractivity contribution < 1.29 is 9.90 Å². The van der Waals surface area contributed by atoms with Crippen LogP contribution in [0.1, 0.15) is 18.2 Å². The van der Waals surface area contributed by atoms with Crippen LogP contribution < -0.4 is 10.2 Å². The molecule has 0 saturated carbocycles. The number of carbonyl (C=O) groups is 1. The average Bonchev–Trinajstić information content (AvgIpc) is 3.06. The number of aliphatic hydroxyl groups excluding tert-OH is 1. The summed E-state index contributed by atoms with van der Waals surface area (Å²) < 4.78 is 0. The third kappa shape index (κ3) is 5.16. The van der Waals surface area contributed by atoms with Crippen molar-refractivity contribution in [2.75, 3.05) is 18.0 Å². The van der Waals surface area contributed by atoms with E-state index in [0.29, 0.717) is 19.5 Å². The van der Waals surface area contributed by atoms with Crippen molar-refractivity contribution in [1.29, 1.82) is 0 Å². The first-order valence-corrected chi connectivity index (χ1v) is 8.34. The predicted molar refractivity (Wildman–Crippen MR) is 91.1 cm³/mol. The molecule has 118 valence electrons. The minimum absolute atomic E-state index is 0.0412. The smallest absolute Gasteiger partial charge is 0.239 e. The van der Waals surface area contributed by atoms with Crippen molar-refractivity contribution >= 4 is 22.9 Å². The second-order valence-electron chi connectivity index (χ2n) is 5.13. The lowest BCUT2D eigenvalue weighted by atomic mass is 10.2. The third-order valence-electron chi connectivity index (χ3n) is 3.40. The van der Waals surface area contributed by atoms with Gasteiger partial charge < -0.3 is 15.3 Å². The molecule has 22 heavy (non-hydrogen) atoms. The number of nitrogens with one attached hydrogen (secondary N) is 1. The molecule has 0 aliphatic carbocycles. The largest absolute Gasteiger partial charge is 0.391 e. The summed E-state index contributed by atoms with van der Waals surface area (Å²) in [6.07, 6.45) is 0.227. The van der Waals surface area contributed by atoms with Crippen molar-refractivity contribution in [2.24, 2.45) is 0 Å². The van der Waals surface area contributed by atoms with Gasteiger partial charge in [0.25, 0.3) is 0 Å². The molecule has 0 radical (unpaired) electrons. The van der Waals surface area contributed by atoms with E-state index in [1.165, 1.54) is 0 Å². The first kappa shape index (κ1) is 16.5. The average molecular weight is 318 g/mol. The Hall–Kier alpha value is -1.85. The highest BCUT2D eigenvalue weighted by Crippen LogP contribution is 2.14. The van der Waals surface area contributed by atoms with E-state index in [-0.39, 0.29) is 12.5 Å². The molecule has 1 heterocycles. The zero-order chi connectivity index (χ0) is 15.8. The fraction of sp³-hybridized carbons (Fsp3) is 0.353. The Morgan fingerprint density at radius 3 is 2.68 bits per heavy atom. The summed E-state index contributed by atoms with van der Waals surface area (Å²) >= 11 is 1.63. The fourth-order valence-electron chi connectivity index (χ4n) is 2.11. The molecule has 1 aromatic carbocycles. The van der Waals surface area contributed by atoms with Crippen LogP contribution >= 0.6 is 11.3 Å². The molecule has 0 unspecified atom stereocenters. The standard InChI is InChI=1S/C17H22N2O2S/c1-2-15(20)12-19(14-7-4-3-5-8-14)13-17(21)18-11-16-9-6-10-22-16/h3-10,15,20H,2,11-13H2,1H3,(H,18,21)/t15-/m1/s1. The number of rotatable bonds is 8. The monoisotopic (exact) mass is 318 g/mol. The van der Waals surface area contributed by atoms with E-state index in [1.54, 1.807) is 11.3 Å². The molecule has 4 nitrogen and oxygen atoms in total. The second-order valence-corrected chi connectivity index (χ2v) is 6.17. The number of nitrogens with zero attached hydrogens (tertiary/aromatic N) is 1. The highest BCUT2D eigenvalue weighted by Gasteiger charge is 2.14. The van der Waals surface area contributed by atoms with Crippen LogP contribution in [0.25, 0.3) is 0 Å². The molecule has 0 bridgehead atoms. The van der Waals surface area contributed by atoms with E-state index < -0.39 is 6.10 Å². The van der Waals surface area contributed by atoms with Crippen LogP contribution in [-0.2, 0) is 11.3 Å². The number of anilines is 1. The molecular weight excluding hydrogens is 296 g/mol. The van der Waals surface area contributed by atoms with Crippen LogP contribution in [0.2, 0.25) is 0 Å². The zero-order valence-electron chi connectivity index (χ0n) is 12.7. The van der Waals surface area contributed by atoms with E-state index in [2.05, 4.69) is 5.32 Å². The van der Waals surface area contributed by atoms with Crippen LogP contribution in [0.3, 0.4) is 0 Å². The predicted octanol–water partition coefficient (Wildman–Crippen LogP) is 2.64. The molecule has 0 aliphatic heterocycles. The maximum Gasteiger partial charge on any atom is 0.239 e. The number of aliphatic hydroxyl groups is 1. The first-order valence-electron chi connectivity index (χ1n) is 7.46. The molecular formula is C17H22N2O2S. The van der Waals surface area contributed by atoms with Crippen LogP contribution in [0, 0.1) is 0 Å². The minimum Gasteiger partial charge on any atom is -0.391 e. The van der Waals surface area contributed by atoms with Gasteiger partial charge in [0.1, 0.15) is 0 Å². The quantitative estimate of drug-likeness (QED) is 0.787. The van der Waals surface area contributed by atoms with Gasteiger partial charge in [-0.05, 0) is 30.0 Å². The number of amides is 1. The molecule has 1 aromatic heterocycles. The highest BCUT2D eigenvalue weighted by molar-refractivity contribution is 7.09. The summed E-state index contributed by atoms with van der Waals surface area (Å²) in [5.41, 5.74) is 0.946. The summed E-state index contributed by atoms with van der Waals surface area (Å²) in [5.74, 6) is -0.0412. The minimum atomic E-state index is -0.440. The first-order chi connectivity index (χ1) is 10.7. The number of hydrogen-bond acceptors (Lipinski definition) is 4. The Bertz CT molecular complexity index is 557. The van der Waals surface area contributed by atoms with Gasteiger partial charge in [-0.2, -0.15) is 0 Å². The Kier molecular flexibility index (Phi) is 6.43. The van der Waals surface area contributed by atoms with Crippen molar-refractivity contribution in [2.45, 2.75) is 26.0 Å². The van der Waals surface area contributed by atoms with Gasteiger partial charge >= 0.3 is 0 Å². The number of para-hydroxylation sites is 1. The SMILES string of the molecule is CC[C@@H](O)CN(CC(=O)NCc1cccs1)c1ccccc1. The Morgan fingerprint density at radius 2 is 2.05 bits per heavy atom. The topological polar surface area (TPSA) is 52.6 Å². The molecule has 0 aliphatic rings. The van der Waals surface area contributed by atoms with Gasteiger partial charge in [0, 0.05) is 17.1 Å². The van der Waals surface area contributed by atoms with Gasteiger partial charge in [0.15, 0.2) is 0 Å². The van der Waals surface area contributed by atoms with Crippen LogP contribution in [0.5, 0.6) is 0 Å². The van der Waals surface area contributed by atoms with Crippen LogP contribution in [0.15, 0.2) is 47.8 Å². The van der Waals surface area contributed by atoms with Gasteiger partial charge in [-0.15, -0.1) is 11.3 Å². The summed E-state index contributed by atoms with van der Waals surface area (Å²) in [7, 11) is 0. The number of carbonyl (C=O) groups excluding carboxylic acids is 1. The van der Waals surface area contributed by atoms with Gasteiger partial charge in [-0.1, -0.05) is 31.2 Å². The van der Waals surface area contributed by atoms with E-state index >= 15 is 0 Å². The summed E-state index contributed by atoms with van der Waals surface area (Å²) in [6.45, 7) is 3.18. The number of hydrogen-bond donors (Lipinski definition) is 2. The van der Waals surface area contributed by atoms with Gasteiger partial charge in [0.05, 0.1) is 19.2 Å². The van der Waals surface area contributed by atoms with E-state index in [1.807, 2.05) is 59.7 Å². The molecule has 0 spiro atoms. The van der Waals surface area contributed by atoms with Gasteiger partial charge in [0.2, 0.25) is 5.91 Å². The van der Waals surface area contributed by atoms with E-state index in [0.717, 1.165) is 10.6 Å². The molecule has 1 amide bonds. The maximum absolute atomic E-state index is 12.2. The molecule has 2 rings (SSSR count). The summed E-state index contributed by atoms with van der Waals surface area (Å²) in [5, 5.41) is 14.8. The molecule has 5 heteroatoms. The van der Waals surface area contributed by atoms with Crippen LogP contribution in [0.4, 0.5) is 5.69 Å². The van der Waals surface area contributed by atoms with E-state index in [9.17, 15) is 9.90 Å². The number of benzene rings is 1. The Labute approximate surface area is 135 Å². The van der Waals surface area contributed by atoms with Crippen molar-refractivity contribution in [3.8, 4) is 0 Å². The molecule has 2 aromatic rings. The summed E-state index contributed by atoms with van der Waals surface area (Å²) in [6, 6.07) is 13.7. The lowest BCUT2D eigenvalue weighted by Crippen LogP contribution is -2.40. The third-order valence-corrected chi connectivity index (χ3v) is 4.27. The van der Waals surface area contributed by atoms with Crippen molar-refractivity contribution in [1.82, 2.24) is 5.32 Å². The van der Waals surface area contributed by atoms with Crippen molar-refractivity contribution in [3.05, 3.63) is 52.7 Å². The fourth-order valence-corrected chi connectivity index (χ4v) is 2.76. The highest BCUT2D eigenvalue weighted by atomic mass is 32.1. The van der Waals surface area contributed by atoms with E-state index in [4.69, 9.17) is 0 Å².